The zero-order valence-electron chi connectivity index (χ0n) is 12.0. The Hall–Kier alpha value is -1.96. The van der Waals surface area contributed by atoms with Crippen molar-refractivity contribution in [2.75, 3.05) is 0 Å². The Labute approximate surface area is 128 Å². The molecule has 8 heteroatoms. The third kappa shape index (κ3) is 4.80. The number of nitrogens with zero attached hydrogens (tertiary/aromatic N) is 1. The number of rotatable bonds is 6. The minimum Gasteiger partial charge on any atom is -0.274 e. The Bertz CT molecular complexity index is 648. The van der Waals surface area contributed by atoms with Gasteiger partial charge in [0.1, 0.15) is 0 Å². The molecule has 0 aromatic heterocycles. The number of carbonyl (C=O) groups excluding carboxylic acids is 1. The molecule has 1 aromatic carbocycles. The van der Waals surface area contributed by atoms with Crippen molar-refractivity contribution < 1.29 is 18.1 Å². The number of nitro benzene ring substituents is 1. The van der Waals surface area contributed by atoms with Crippen LogP contribution >= 0.6 is 0 Å². The third-order valence-electron chi connectivity index (χ3n) is 3.72. The first-order valence-corrected chi connectivity index (χ1v) is 8.77. The van der Waals surface area contributed by atoms with E-state index in [1.54, 1.807) is 0 Å². The van der Waals surface area contributed by atoms with Gasteiger partial charge in [0.15, 0.2) is 0 Å². The summed E-state index contributed by atoms with van der Waals surface area (Å²) in [6.45, 7) is 0. The summed E-state index contributed by atoms with van der Waals surface area (Å²) in [7, 11) is -3.78. The number of amides is 1. The molecule has 22 heavy (non-hydrogen) atoms. The predicted octanol–water partition coefficient (Wildman–Crippen LogP) is 2.12. The third-order valence-corrected chi connectivity index (χ3v) is 4.97. The molecule has 1 saturated carbocycles. The molecule has 0 atom stereocenters. The van der Waals surface area contributed by atoms with Crippen LogP contribution in [0.3, 0.4) is 0 Å². The zero-order valence-corrected chi connectivity index (χ0v) is 12.8. The van der Waals surface area contributed by atoms with Crippen molar-refractivity contribution in [3.63, 3.8) is 0 Å². The van der Waals surface area contributed by atoms with E-state index >= 15 is 0 Å². The first-order valence-electron chi connectivity index (χ1n) is 7.12. The second-order valence-corrected chi connectivity index (χ2v) is 7.28. The van der Waals surface area contributed by atoms with Gasteiger partial charge in [-0.05, 0) is 24.3 Å². The fourth-order valence-electron chi connectivity index (χ4n) is 2.66. The molecule has 1 N–H and O–H groups in total. The van der Waals surface area contributed by atoms with Crippen molar-refractivity contribution in [3.05, 3.63) is 39.9 Å². The van der Waals surface area contributed by atoms with Gasteiger partial charge in [0.05, 0.1) is 10.7 Å². The number of non-ortho nitro benzene ring substituents is 1. The standard InChI is InChI=1S/C14H18N2O5S/c17-14(9-11-3-1-2-4-11)15-22(20,21)10-12-5-7-13(8-6-12)16(18)19/h5-8,11H,1-4,9-10H2,(H,15,17). The summed E-state index contributed by atoms with van der Waals surface area (Å²) in [5, 5.41) is 10.5. The quantitative estimate of drug-likeness (QED) is 0.636. The second-order valence-electron chi connectivity index (χ2n) is 5.56. The minimum absolute atomic E-state index is 0.105. The van der Waals surface area contributed by atoms with Gasteiger partial charge in [-0.2, -0.15) is 0 Å². The Morgan fingerprint density at radius 1 is 1.23 bits per heavy atom. The maximum Gasteiger partial charge on any atom is 0.269 e. The van der Waals surface area contributed by atoms with E-state index in [9.17, 15) is 23.3 Å². The van der Waals surface area contributed by atoms with Crippen molar-refractivity contribution in [2.24, 2.45) is 5.92 Å². The first kappa shape index (κ1) is 16.4. The minimum atomic E-state index is -3.78. The lowest BCUT2D eigenvalue weighted by Gasteiger charge is -2.10. The molecule has 0 aliphatic heterocycles. The summed E-state index contributed by atoms with van der Waals surface area (Å²) in [6.07, 6.45) is 4.35. The van der Waals surface area contributed by atoms with Crippen LogP contribution in [0.1, 0.15) is 37.7 Å². The average molecular weight is 326 g/mol. The Morgan fingerprint density at radius 2 is 1.82 bits per heavy atom. The Morgan fingerprint density at radius 3 is 2.36 bits per heavy atom. The van der Waals surface area contributed by atoms with Crippen molar-refractivity contribution in [1.29, 1.82) is 0 Å². The van der Waals surface area contributed by atoms with Crippen LogP contribution in [0, 0.1) is 16.0 Å². The van der Waals surface area contributed by atoms with Crippen LogP contribution in [0.15, 0.2) is 24.3 Å². The molecule has 0 radical (unpaired) electrons. The molecule has 7 nitrogen and oxygen atoms in total. The normalized spacial score (nSPS) is 15.6. The van der Waals surface area contributed by atoms with Gasteiger partial charge in [-0.25, -0.2) is 8.42 Å². The van der Waals surface area contributed by atoms with Gasteiger partial charge >= 0.3 is 0 Å². The number of hydrogen-bond acceptors (Lipinski definition) is 5. The SMILES string of the molecule is O=C(CC1CCCC1)NS(=O)(=O)Cc1ccc([N+](=O)[O-])cc1. The van der Waals surface area contributed by atoms with E-state index in [1.807, 2.05) is 0 Å². The molecular weight excluding hydrogens is 308 g/mol. The fraction of sp³-hybridized carbons (Fsp3) is 0.500. The van der Waals surface area contributed by atoms with E-state index in [4.69, 9.17) is 0 Å². The van der Waals surface area contributed by atoms with Crippen LogP contribution in [0.25, 0.3) is 0 Å². The van der Waals surface area contributed by atoms with Crippen LogP contribution in [-0.4, -0.2) is 19.2 Å². The molecule has 0 saturated heterocycles. The summed E-state index contributed by atoms with van der Waals surface area (Å²) < 4.78 is 25.9. The van der Waals surface area contributed by atoms with Crippen molar-refractivity contribution in [2.45, 2.75) is 37.9 Å². The molecular formula is C14H18N2O5S. The van der Waals surface area contributed by atoms with Crippen molar-refractivity contribution >= 4 is 21.6 Å². The molecule has 1 fully saturated rings. The largest absolute Gasteiger partial charge is 0.274 e. The first-order chi connectivity index (χ1) is 10.4. The summed E-state index contributed by atoms with van der Waals surface area (Å²) >= 11 is 0. The molecule has 1 aliphatic carbocycles. The highest BCUT2D eigenvalue weighted by Crippen LogP contribution is 2.27. The zero-order chi connectivity index (χ0) is 16.2. The van der Waals surface area contributed by atoms with Gasteiger partial charge in [0, 0.05) is 18.6 Å². The molecule has 1 amide bonds. The van der Waals surface area contributed by atoms with Gasteiger partial charge < -0.3 is 0 Å². The molecule has 2 rings (SSSR count). The van der Waals surface area contributed by atoms with Crippen LogP contribution in [0.2, 0.25) is 0 Å². The maximum absolute atomic E-state index is 11.9. The van der Waals surface area contributed by atoms with E-state index in [0.29, 0.717) is 5.56 Å². The highest BCUT2D eigenvalue weighted by molar-refractivity contribution is 7.89. The molecule has 0 spiro atoms. The van der Waals surface area contributed by atoms with E-state index in [1.165, 1.54) is 24.3 Å². The summed E-state index contributed by atoms with van der Waals surface area (Å²) in [4.78, 5) is 21.8. The highest BCUT2D eigenvalue weighted by atomic mass is 32.2. The smallest absolute Gasteiger partial charge is 0.269 e. The van der Waals surface area contributed by atoms with Crippen molar-refractivity contribution in [3.8, 4) is 0 Å². The van der Waals surface area contributed by atoms with Gasteiger partial charge in [-0.3, -0.25) is 19.6 Å². The maximum atomic E-state index is 11.9. The van der Waals surface area contributed by atoms with E-state index in [-0.39, 0.29) is 23.8 Å². The lowest BCUT2D eigenvalue weighted by atomic mass is 10.0. The number of hydrogen-bond donors (Lipinski definition) is 1. The molecule has 0 heterocycles. The predicted molar refractivity (Wildman–Crippen MR) is 80.4 cm³/mol. The second kappa shape index (κ2) is 6.87. The molecule has 1 aromatic rings. The highest BCUT2D eigenvalue weighted by Gasteiger charge is 2.22. The lowest BCUT2D eigenvalue weighted by molar-refractivity contribution is -0.384. The number of benzene rings is 1. The Balaban J connectivity index is 1.92. The van der Waals surface area contributed by atoms with Gasteiger partial charge in [-0.1, -0.05) is 25.0 Å². The van der Waals surface area contributed by atoms with Gasteiger partial charge in [0.25, 0.3) is 5.69 Å². The van der Waals surface area contributed by atoms with E-state index in [2.05, 4.69) is 4.72 Å². The van der Waals surface area contributed by atoms with Crippen LogP contribution in [0.5, 0.6) is 0 Å². The van der Waals surface area contributed by atoms with Gasteiger partial charge in [-0.15, -0.1) is 0 Å². The van der Waals surface area contributed by atoms with Crippen LogP contribution in [-0.2, 0) is 20.6 Å². The number of sulfonamides is 1. The Kier molecular flexibility index (Phi) is 5.12. The fourth-order valence-corrected chi connectivity index (χ4v) is 3.79. The summed E-state index contributed by atoms with van der Waals surface area (Å²) in [6, 6.07) is 5.23. The number of nitrogens with one attached hydrogen (secondary N) is 1. The van der Waals surface area contributed by atoms with E-state index in [0.717, 1.165) is 25.7 Å². The number of nitro groups is 1. The molecule has 120 valence electrons. The van der Waals surface area contributed by atoms with Crippen LogP contribution < -0.4 is 4.72 Å². The monoisotopic (exact) mass is 326 g/mol. The summed E-state index contributed by atoms with van der Waals surface area (Å²) in [5.41, 5.74) is 0.290. The van der Waals surface area contributed by atoms with Crippen LogP contribution in [0.4, 0.5) is 5.69 Å². The summed E-state index contributed by atoms with van der Waals surface area (Å²) in [5.74, 6) is -0.579. The lowest BCUT2D eigenvalue weighted by Crippen LogP contribution is -2.32. The average Bonchev–Trinajstić information content (AvgIpc) is 2.90. The van der Waals surface area contributed by atoms with E-state index < -0.39 is 20.9 Å². The van der Waals surface area contributed by atoms with Crippen molar-refractivity contribution in [1.82, 2.24) is 4.72 Å². The molecule has 1 aliphatic rings. The molecule has 0 unspecified atom stereocenters. The molecule has 0 bridgehead atoms. The topological polar surface area (TPSA) is 106 Å². The number of carbonyl (C=O) groups is 1. The van der Waals surface area contributed by atoms with Gasteiger partial charge in [0.2, 0.25) is 15.9 Å².